The number of benzene rings is 1. The van der Waals surface area contributed by atoms with Crippen LogP contribution in [0.15, 0.2) is 36.8 Å². The molecule has 1 aliphatic heterocycles. The van der Waals surface area contributed by atoms with Gasteiger partial charge in [0.1, 0.15) is 19.0 Å². The molecule has 3 aromatic rings. The summed E-state index contributed by atoms with van der Waals surface area (Å²) in [6.45, 7) is 1.13. The predicted molar refractivity (Wildman–Crippen MR) is 78.1 cm³/mol. The monoisotopic (exact) mass is 283 g/mol. The fraction of sp³-hybridized carbons (Fsp3) is 0.143. The molecule has 0 radical (unpaired) electrons. The van der Waals surface area contributed by atoms with Crippen LogP contribution in [0.4, 0.5) is 17.3 Å². The summed E-state index contributed by atoms with van der Waals surface area (Å²) in [7, 11) is 0. The Kier molecular flexibility index (Phi) is 2.56. The summed E-state index contributed by atoms with van der Waals surface area (Å²) >= 11 is 0. The molecule has 3 N–H and O–H groups in total. The van der Waals surface area contributed by atoms with Crippen LogP contribution in [0, 0.1) is 0 Å². The van der Waals surface area contributed by atoms with Gasteiger partial charge in [-0.2, -0.15) is 0 Å². The molecule has 0 spiro atoms. The third-order valence-corrected chi connectivity index (χ3v) is 3.20. The molecular weight excluding hydrogens is 270 g/mol. The van der Waals surface area contributed by atoms with Crippen LogP contribution in [-0.4, -0.2) is 27.6 Å². The molecule has 2 aromatic heterocycles. The number of nitrogens with one attached hydrogen (secondary N) is 1. The second kappa shape index (κ2) is 4.55. The summed E-state index contributed by atoms with van der Waals surface area (Å²) in [5.41, 5.74) is 7.35. The van der Waals surface area contributed by atoms with Crippen LogP contribution in [0.3, 0.4) is 0 Å². The van der Waals surface area contributed by atoms with Crippen molar-refractivity contribution in [3.63, 3.8) is 0 Å². The highest BCUT2D eigenvalue weighted by molar-refractivity contribution is 5.72. The van der Waals surface area contributed by atoms with E-state index in [1.807, 2.05) is 28.8 Å². The highest BCUT2D eigenvalue weighted by Gasteiger charge is 2.13. The number of hydrogen-bond donors (Lipinski definition) is 2. The lowest BCUT2D eigenvalue weighted by Crippen LogP contribution is -2.15. The summed E-state index contributed by atoms with van der Waals surface area (Å²) in [6, 6.07) is 5.64. The van der Waals surface area contributed by atoms with Crippen LogP contribution in [0.1, 0.15) is 0 Å². The topological polar surface area (TPSA) is 86.7 Å². The molecule has 0 aliphatic carbocycles. The van der Waals surface area contributed by atoms with Gasteiger partial charge in [-0.25, -0.2) is 9.97 Å². The number of aromatic nitrogens is 3. The molecule has 0 saturated carbocycles. The second-order valence-electron chi connectivity index (χ2n) is 4.66. The Labute approximate surface area is 120 Å². The number of nitrogens with zero attached hydrogens (tertiary/aromatic N) is 3. The SMILES string of the molecule is Nc1cn2ccnc2c(Nc2ccc3c(c2)OCCO3)n1. The zero-order chi connectivity index (χ0) is 14.2. The van der Waals surface area contributed by atoms with Crippen LogP contribution in [0.25, 0.3) is 5.65 Å². The van der Waals surface area contributed by atoms with E-state index in [4.69, 9.17) is 15.2 Å². The average molecular weight is 283 g/mol. The minimum absolute atomic E-state index is 0.417. The van der Waals surface area contributed by atoms with Crippen LogP contribution < -0.4 is 20.5 Å². The lowest BCUT2D eigenvalue weighted by Gasteiger charge is -2.19. The molecule has 7 heteroatoms. The minimum Gasteiger partial charge on any atom is -0.486 e. The van der Waals surface area contributed by atoms with E-state index in [0.717, 1.165) is 17.2 Å². The first kappa shape index (κ1) is 11.8. The van der Waals surface area contributed by atoms with Crippen molar-refractivity contribution in [1.82, 2.24) is 14.4 Å². The number of rotatable bonds is 2. The van der Waals surface area contributed by atoms with Crippen molar-refractivity contribution < 1.29 is 9.47 Å². The first-order valence-corrected chi connectivity index (χ1v) is 6.55. The summed E-state index contributed by atoms with van der Waals surface area (Å²) in [4.78, 5) is 8.56. The van der Waals surface area contributed by atoms with E-state index >= 15 is 0 Å². The molecule has 1 aliphatic rings. The van der Waals surface area contributed by atoms with E-state index in [1.165, 1.54) is 0 Å². The number of ether oxygens (including phenoxy) is 2. The number of nitrogen functional groups attached to an aromatic ring is 1. The highest BCUT2D eigenvalue weighted by atomic mass is 16.6. The summed E-state index contributed by atoms with van der Waals surface area (Å²) in [6.07, 6.45) is 5.24. The van der Waals surface area contributed by atoms with Gasteiger partial charge in [-0.3, -0.25) is 0 Å². The van der Waals surface area contributed by atoms with Crippen LogP contribution in [0.5, 0.6) is 11.5 Å². The normalized spacial score (nSPS) is 13.3. The molecule has 0 amide bonds. The summed E-state index contributed by atoms with van der Waals surface area (Å²) < 4.78 is 12.9. The standard InChI is InChI=1S/C14H13N5O2/c15-12-8-19-4-3-16-14(19)13(18-12)17-9-1-2-10-11(7-9)21-6-5-20-10/h1-4,7-8H,5-6,15H2,(H,17,18). The summed E-state index contributed by atoms with van der Waals surface area (Å²) in [5.74, 6) is 2.48. The van der Waals surface area contributed by atoms with Crippen molar-refractivity contribution in [2.24, 2.45) is 0 Å². The van der Waals surface area contributed by atoms with E-state index in [1.54, 1.807) is 12.4 Å². The molecule has 7 nitrogen and oxygen atoms in total. The molecule has 106 valence electrons. The Morgan fingerprint density at radius 2 is 2.05 bits per heavy atom. The number of imidazole rings is 1. The number of anilines is 3. The maximum atomic E-state index is 5.80. The van der Waals surface area contributed by atoms with Crippen LogP contribution >= 0.6 is 0 Å². The maximum Gasteiger partial charge on any atom is 0.180 e. The van der Waals surface area contributed by atoms with Gasteiger partial charge >= 0.3 is 0 Å². The number of fused-ring (bicyclic) bond motifs is 2. The lowest BCUT2D eigenvalue weighted by molar-refractivity contribution is 0.171. The zero-order valence-corrected chi connectivity index (χ0v) is 11.1. The smallest absolute Gasteiger partial charge is 0.180 e. The van der Waals surface area contributed by atoms with Gasteiger partial charge in [0.15, 0.2) is 23.0 Å². The Hall–Kier alpha value is -2.96. The van der Waals surface area contributed by atoms with Crippen molar-refractivity contribution in [3.05, 3.63) is 36.8 Å². The van der Waals surface area contributed by atoms with Crippen molar-refractivity contribution in [3.8, 4) is 11.5 Å². The Morgan fingerprint density at radius 1 is 1.19 bits per heavy atom. The second-order valence-corrected chi connectivity index (χ2v) is 4.66. The van der Waals surface area contributed by atoms with E-state index in [-0.39, 0.29) is 0 Å². The molecule has 21 heavy (non-hydrogen) atoms. The van der Waals surface area contributed by atoms with Crippen molar-refractivity contribution >= 4 is 23.0 Å². The number of hydrogen-bond acceptors (Lipinski definition) is 6. The summed E-state index contributed by atoms with van der Waals surface area (Å²) in [5, 5.41) is 3.21. The predicted octanol–water partition coefficient (Wildman–Crippen LogP) is 1.83. The van der Waals surface area contributed by atoms with Gasteiger partial charge in [-0.15, -0.1) is 0 Å². The minimum atomic E-state index is 0.417. The Bertz CT molecular complexity index is 814. The third-order valence-electron chi connectivity index (χ3n) is 3.20. The molecule has 1 aromatic carbocycles. The Balaban J connectivity index is 1.72. The van der Waals surface area contributed by atoms with Gasteiger partial charge in [0.25, 0.3) is 0 Å². The first-order valence-electron chi connectivity index (χ1n) is 6.55. The van der Waals surface area contributed by atoms with E-state index in [9.17, 15) is 0 Å². The molecule has 4 rings (SSSR count). The largest absolute Gasteiger partial charge is 0.486 e. The van der Waals surface area contributed by atoms with Gasteiger partial charge in [0, 0.05) is 24.1 Å². The van der Waals surface area contributed by atoms with Crippen molar-refractivity contribution in [2.45, 2.75) is 0 Å². The van der Waals surface area contributed by atoms with Gasteiger partial charge in [-0.05, 0) is 12.1 Å². The van der Waals surface area contributed by atoms with Gasteiger partial charge in [-0.1, -0.05) is 0 Å². The lowest BCUT2D eigenvalue weighted by atomic mass is 10.2. The van der Waals surface area contributed by atoms with Crippen LogP contribution in [0.2, 0.25) is 0 Å². The molecule has 0 atom stereocenters. The maximum absolute atomic E-state index is 5.80. The van der Waals surface area contributed by atoms with E-state index in [0.29, 0.717) is 30.5 Å². The van der Waals surface area contributed by atoms with Crippen LogP contribution in [-0.2, 0) is 0 Å². The number of nitrogens with two attached hydrogens (primary N) is 1. The molecule has 0 fully saturated rings. The average Bonchev–Trinajstić information content (AvgIpc) is 2.95. The van der Waals surface area contributed by atoms with Crippen molar-refractivity contribution in [2.75, 3.05) is 24.3 Å². The fourth-order valence-electron chi connectivity index (χ4n) is 2.29. The van der Waals surface area contributed by atoms with Gasteiger partial charge in [0.2, 0.25) is 0 Å². The molecule has 3 heterocycles. The highest BCUT2D eigenvalue weighted by Crippen LogP contribution is 2.33. The van der Waals surface area contributed by atoms with Gasteiger partial charge < -0.3 is 24.9 Å². The fourth-order valence-corrected chi connectivity index (χ4v) is 2.29. The molecule has 0 bridgehead atoms. The quantitative estimate of drug-likeness (QED) is 0.746. The zero-order valence-electron chi connectivity index (χ0n) is 11.1. The van der Waals surface area contributed by atoms with Crippen molar-refractivity contribution in [1.29, 1.82) is 0 Å². The van der Waals surface area contributed by atoms with E-state index < -0.39 is 0 Å². The molecule has 0 unspecified atom stereocenters. The third kappa shape index (κ3) is 2.08. The molecular formula is C14H13N5O2. The Morgan fingerprint density at radius 3 is 2.95 bits per heavy atom. The van der Waals surface area contributed by atoms with Gasteiger partial charge in [0.05, 0.1) is 6.20 Å². The first-order chi connectivity index (χ1) is 10.3. The molecule has 0 saturated heterocycles. The van der Waals surface area contributed by atoms with E-state index in [2.05, 4.69) is 15.3 Å².